The predicted octanol–water partition coefficient (Wildman–Crippen LogP) is 2.66. The lowest BCUT2D eigenvalue weighted by atomic mass is 9.98. The number of rotatable bonds is 4. The maximum Gasteiger partial charge on any atom is 0.335 e. The van der Waals surface area contributed by atoms with E-state index in [2.05, 4.69) is 15.8 Å². The monoisotopic (exact) mass is 379 g/mol. The first kappa shape index (κ1) is 17.7. The number of aromatic nitrogens is 1. The Hall–Kier alpha value is -3.68. The van der Waals surface area contributed by atoms with Gasteiger partial charge in [0.25, 0.3) is 0 Å². The number of carboxylic acids is 1. The number of aromatic carboxylic acids is 1. The summed E-state index contributed by atoms with van der Waals surface area (Å²) in [5.74, 6) is -0.968. The maximum atomic E-state index is 12.3. The Kier molecular flexibility index (Phi) is 4.52. The zero-order valence-electron chi connectivity index (χ0n) is 14.8. The van der Waals surface area contributed by atoms with Gasteiger partial charge in [-0.2, -0.15) is 0 Å². The van der Waals surface area contributed by atoms with Crippen LogP contribution in [-0.4, -0.2) is 34.6 Å². The van der Waals surface area contributed by atoms with Crippen LogP contribution in [0.3, 0.4) is 0 Å². The third-order valence-corrected chi connectivity index (χ3v) is 4.77. The summed E-state index contributed by atoms with van der Waals surface area (Å²) in [7, 11) is 0. The highest BCUT2D eigenvalue weighted by atomic mass is 16.5. The van der Waals surface area contributed by atoms with Crippen molar-refractivity contribution < 1.29 is 24.0 Å². The van der Waals surface area contributed by atoms with Gasteiger partial charge in [0.2, 0.25) is 11.8 Å². The van der Waals surface area contributed by atoms with Gasteiger partial charge >= 0.3 is 5.97 Å². The zero-order valence-corrected chi connectivity index (χ0v) is 14.8. The minimum absolute atomic E-state index is 0.0289. The van der Waals surface area contributed by atoms with Crippen LogP contribution in [0.2, 0.25) is 0 Å². The first-order valence-electron chi connectivity index (χ1n) is 8.82. The van der Waals surface area contributed by atoms with E-state index in [0.717, 1.165) is 0 Å². The lowest BCUT2D eigenvalue weighted by Crippen LogP contribution is -2.40. The summed E-state index contributed by atoms with van der Waals surface area (Å²) < 4.78 is 5.39. The van der Waals surface area contributed by atoms with Crippen molar-refractivity contribution in [1.82, 2.24) is 10.5 Å². The number of carboxylic acid groups (broad SMARTS) is 1. The van der Waals surface area contributed by atoms with E-state index in [1.165, 1.54) is 12.1 Å². The summed E-state index contributed by atoms with van der Waals surface area (Å²) in [4.78, 5) is 34.7. The van der Waals surface area contributed by atoms with Gasteiger partial charge in [-0.15, -0.1) is 0 Å². The molecule has 1 aliphatic rings. The number of fused-ring (bicyclic) bond motifs is 1. The third-order valence-electron chi connectivity index (χ3n) is 4.77. The normalized spacial score (nSPS) is 16.6. The third kappa shape index (κ3) is 3.44. The van der Waals surface area contributed by atoms with Gasteiger partial charge in [0.1, 0.15) is 5.52 Å². The van der Waals surface area contributed by atoms with E-state index in [9.17, 15) is 19.5 Å². The Morgan fingerprint density at radius 1 is 1.18 bits per heavy atom. The molecule has 3 N–H and O–H groups in total. The quantitative estimate of drug-likeness (QED) is 0.641. The Balaban J connectivity index is 1.52. The first-order valence-corrected chi connectivity index (χ1v) is 8.82. The largest absolute Gasteiger partial charge is 0.478 e. The zero-order chi connectivity index (χ0) is 19.7. The Morgan fingerprint density at radius 2 is 1.96 bits per heavy atom. The predicted molar refractivity (Wildman–Crippen MR) is 101 cm³/mol. The Labute approximate surface area is 159 Å². The van der Waals surface area contributed by atoms with Crippen molar-refractivity contribution in [2.75, 3.05) is 11.9 Å². The van der Waals surface area contributed by atoms with Crippen LogP contribution >= 0.6 is 0 Å². The lowest BCUT2D eigenvalue weighted by molar-refractivity contribution is -0.126. The molecule has 3 aromatic rings. The second kappa shape index (κ2) is 7.15. The Bertz CT molecular complexity index is 1060. The molecule has 2 aromatic carbocycles. The molecule has 2 heterocycles. The van der Waals surface area contributed by atoms with E-state index in [1.54, 1.807) is 30.3 Å². The summed E-state index contributed by atoms with van der Waals surface area (Å²) in [5.41, 5.74) is 2.06. The topological polar surface area (TPSA) is 122 Å². The summed E-state index contributed by atoms with van der Waals surface area (Å²) in [6.45, 7) is 0.346. The van der Waals surface area contributed by atoms with Gasteiger partial charge in [-0.3, -0.25) is 9.59 Å². The number of anilines is 1. The molecule has 0 radical (unpaired) electrons. The molecule has 0 aliphatic carbocycles. The smallest absolute Gasteiger partial charge is 0.335 e. The number of hydrogen-bond acceptors (Lipinski definition) is 5. The van der Waals surface area contributed by atoms with Gasteiger partial charge in [0, 0.05) is 24.2 Å². The number of carbonyl (C=O) groups is 3. The standard InChI is InChI=1S/C20H17N3O5/c24-17-8-4-13(10-21-17)19(25)22-14-5-1-11(2-6-14)18-15-9-12(20(26)27)3-7-16(15)23-28-18/h1-3,5-7,9,13H,4,8,10H2,(H,21,24)(H,22,25)(H,26,27). The number of piperidine rings is 1. The van der Waals surface area contributed by atoms with Crippen LogP contribution in [-0.2, 0) is 9.59 Å². The molecular weight excluding hydrogens is 362 g/mol. The van der Waals surface area contributed by atoms with Crippen molar-refractivity contribution in [2.24, 2.45) is 5.92 Å². The molecule has 0 spiro atoms. The van der Waals surface area contributed by atoms with E-state index in [0.29, 0.717) is 47.3 Å². The van der Waals surface area contributed by atoms with Gasteiger partial charge in [0.05, 0.1) is 16.9 Å². The molecular formula is C20H17N3O5. The van der Waals surface area contributed by atoms with E-state index in [-0.39, 0.29) is 23.3 Å². The second-order valence-corrected chi connectivity index (χ2v) is 6.66. The van der Waals surface area contributed by atoms with Crippen LogP contribution in [0.15, 0.2) is 47.0 Å². The highest BCUT2D eigenvalue weighted by molar-refractivity contribution is 5.98. The average Bonchev–Trinajstić information content (AvgIpc) is 3.12. The molecule has 8 nitrogen and oxygen atoms in total. The number of hydrogen-bond donors (Lipinski definition) is 3. The van der Waals surface area contributed by atoms with E-state index >= 15 is 0 Å². The second-order valence-electron chi connectivity index (χ2n) is 6.66. The van der Waals surface area contributed by atoms with Crippen LogP contribution < -0.4 is 10.6 Å². The van der Waals surface area contributed by atoms with Crippen molar-refractivity contribution in [3.63, 3.8) is 0 Å². The molecule has 1 saturated heterocycles. The fourth-order valence-corrected chi connectivity index (χ4v) is 3.19. The van der Waals surface area contributed by atoms with Crippen molar-refractivity contribution in [3.8, 4) is 11.3 Å². The van der Waals surface area contributed by atoms with Crippen LogP contribution in [0.5, 0.6) is 0 Å². The fourth-order valence-electron chi connectivity index (χ4n) is 3.19. The van der Waals surface area contributed by atoms with E-state index in [4.69, 9.17) is 4.52 Å². The van der Waals surface area contributed by atoms with E-state index in [1.807, 2.05) is 0 Å². The molecule has 142 valence electrons. The number of carbonyl (C=O) groups excluding carboxylic acids is 2. The van der Waals surface area contributed by atoms with Crippen molar-refractivity contribution in [3.05, 3.63) is 48.0 Å². The molecule has 1 aromatic heterocycles. The summed E-state index contributed by atoms with van der Waals surface area (Å²) >= 11 is 0. The van der Waals surface area contributed by atoms with Gasteiger partial charge in [0.15, 0.2) is 5.76 Å². The van der Waals surface area contributed by atoms with Gasteiger partial charge < -0.3 is 20.3 Å². The average molecular weight is 379 g/mol. The molecule has 1 fully saturated rings. The first-order chi connectivity index (χ1) is 13.5. The lowest BCUT2D eigenvalue weighted by Gasteiger charge is -2.21. The summed E-state index contributed by atoms with van der Waals surface area (Å²) in [5, 5.41) is 19.3. The molecule has 1 atom stereocenters. The number of benzene rings is 2. The van der Waals surface area contributed by atoms with Gasteiger partial charge in [-0.25, -0.2) is 4.79 Å². The molecule has 28 heavy (non-hydrogen) atoms. The minimum atomic E-state index is -1.02. The van der Waals surface area contributed by atoms with Crippen LogP contribution in [0.25, 0.3) is 22.2 Å². The Morgan fingerprint density at radius 3 is 2.64 bits per heavy atom. The highest BCUT2D eigenvalue weighted by Crippen LogP contribution is 2.30. The summed E-state index contributed by atoms with van der Waals surface area (Å²) in [6.07, 6.45) is 0.889. The highest BCUT2D eigenvalue weighted by Gasteiger charge is 2.24. The number of nitrogens with zero attached hydrogens (tertiary/aromatic N) is 1. The molecule has 1 aliphatic heterocycles. The molecule has 8 heteroatoms. The molecule has 4 rings (SSSR count). The number of nitrogens with one attached hydrogen (secondary N) is 2. The fraction of sp³-hybridized carbons (Fsp3) is 0.200. The van der Waals surface area contributed by atoms with Crippen LogP contribution in [0, 0.1) is 5.92 Å². The molecule has 2 amide bonds. The summed E-state index contributed by atoms with van der Waals surface area (Å²) in [6, 6.07) is 11.6. The SMILES string of the molecule is O=C1CCC(C(=O)Nc2ccc(-c3onc4ccc(C(=O)O)cc34)cc2)CN1. The van der Waals surface area contributed by atoms with Gasteiger partial charge in [-0.05, 0) is 48.9 Å². The van der Waals surface area contributed by atoms with Crippen LogP contribution in [0.1, 0.15) is 23.2 Å². The maximum absolute atomic E-state index is 12.3. The number of amides is 2. The van der Waals surface area contributed by atoms with Crippen molar-refractivity contribution >= 4 is 34.4 Å². The minimum Gasteiger partial charge on any atom is -0.478 e. The molecule has 0 bridgehead atoms. The van der Waals surface area contributed by atoms with Gasteiger partial charge in [-0.1, -0.05) is 5.16 Å². The van der Waals surface area contributed by atoms with Crippen molar-refractivity contribution in [2.45, 2.75) is 12.8 Å². The van der Waals surface area contributed by atoms with Crippen LogP contribution in [0.4, 0.5) is 5.69 Å². The van der Waals surface area contributed by atoms with Crippen molar-refractivity contribution in [1.29, 1.82) is 0 Å². The molecule has 0 saturated carbocycles. The van der Waals surface area contributed by atoms with E-state index < -0.39 is 5.97 Å². The molecule has 1 unspecified atom stereocenters.